The number of rotatable bonds is 2. The fourth-order valence-corrected chi connectivity index (χ4v) is 2.02. The van der Waals surface area contributed by atoms with Crippen LogP contribution in [0.5, 0.6) is 5.75 Å². The minimum Gasteiger partial charge on any atom is -0.496 e. The molecule has 15 heavy (non-hydrogen) atoms. The van der Waals surface area contributed by atoms with Crippen molar-refractivity contribution in [1.82, 2.24) is 0 Å². The number of halogens is 1. The summed E-state index contributed by atoms with van der Waals surface area (Å²) >= 11 is 6.12. The van der Waals surface area contributed by atoms with Crippen LogP contribution in [0.3, 0.4) is 0 Å². The molecular formula is C12H15ClO2. The molecule has 0 radical (unpaired) electrons. The number of hydrogen-bond donors (Lipinski definition) is 0. The number of ether oxygens (including phenoxy) is 2. The average molecular weight is 227 g/mol. The Labute approximate surface area is 95.1 Å². The van der Waals surface area contributed by atoms with Gasteiger partial charge in [0.1, 0.15) is 5.75 Å². The van der Waals surface area contributed by atoms with Crippen LogP contribution >= 0.6 is 11.6 Å². The van der Waals surface area contributed by atoms with E-state index in [2.05, 4.69) is 6.92 Å². The molecule has 0 saturated carbocycles. The Morgan fingerprint density at radius 3 is 2.60 bits per heavy atom. The van der Waals surface area contributed by atoms with Crippen LogP contribution in [-0.2, 0) is 10.3 Å². The van der Waals surface area contributed by atoms with Gasteiger partial charge >= 0.3 is 0 Å². The lowest BCUT2D eigenvalue weighted by atomic mass is 9.87. The number of aryl methyl sites for hydroxylation is 1. The zero-order chi connectivity index (χ0) is 11.1. The first kappa shape index (κ1) is 10.8. The first-order valence-electron chi connectivity index (χ1n) is 5.05. The maximum absolute atomic E-state index is 6.12. The van der Waals surface area contributed by atoms with Gasteiger partial charge in [-0.25, -0.2) is 0 Å². The van der Waals surface area contributed by atoms with Gasteiger partial charge in [-0.2, -0.15) is 0 Å². The van der Waals surface area contributed by atoms with Crippen molar-refractivity contribution in [3.63, 3.8) is 0 Å². The second kappa shape index (κ2) is 3.69. The summed E-state index contributed by atoms with van der Waals surface area (Å²) in [4.78, 5) is 0. The zero-order valence-corrected chi connectivity index (χ0v) is 10.0. The summed E-state index contributed by atoms with van der Waals surface area (Å²) in [7, 11) is 1.67. The Hall–Kier alpha value is -0.730. The topological polar surface area (TPSA) is 18.5 Å². The molecule has 0 N–H and O–H groups in total. The molecule has 82 valence electrons. The van der Waals surface area contributed by atoms with Crippen molar-refractivity contribution >= 4 is 11.6 Å². The van der Waals surface area contributed by atoms with Crippen molar-refractivity contribution < 1.29 is 9.47 Å². The summed E-state index contributed by atoms with van der Waals surface area (Å²) < 4.78 is 11.0. The largest absolute Gasteiger partial charge is 0.496 e. The summed E-state index contributed by atoms with van der Waals surface area (Å²) in [6.07, 6.45) is 1.02. The average Bonchev–Trinajstić information content (AvgIpc) is 2.18. The molecule has 0 amide bonds. The smallest absolute Gasteiger partial charge is 0.125 e. The normalized spacial score (nSPS) is 24.8. The molecule has 1 heterocycles. The minimum absolute atomic E-state index is 0.220. The van der Waals surface area contributed by atoms with Crippen molar-refractivity contribution in [3.8, 4) is 5.75 Å². The maximum atomic E-state index is 6.12. The highest BCUT2D eigenvalue weighted by Crippen LogP contribution is 2.43. The van der Waals surface area contributed by atoms with Gasteiger partial charge in [-0.1, -0.05) is 11.6 Å². The minimum atomic E-state index is -0.220. The highest BCUT2D eigenvalue weighted by Gasteiger charge is 2.37. The molecule has 0 aromatic heterocycles. The van der Waals surface area contributed by atoms with Crippen LogP contribution in [0.4, 0.5) is 0 Å². The number of methoxy groups -OCH3 is 1. The van der Waals surface area contributed by atoms with Crippen LogP contribution in [0.1, 0.15) is 24.5 Å². The lowest BCUT2D eigenvalue weighted by Crippen LogP contribution is -2.38. The van der Waals surface area contributed by atoms with E-state index in [0.29, 0.717) is 0 Å². The van der Waals surface area contributed by atoms with Gasteiger partial charge in [0, 0.05) is 17.0 Å². The Balaban J connectivity index is 2.49. The van der Waals surface area contributed by atoms with Crippen molar-refractivity contribution in [2.75, 3.05) is 13.7 Å². The van der Waals surface area contributed by atoms with Gasteiger partial charge in [-0.3, -0.25) is 0 Å². The van der Waals surface area contributed by atoms with E-state index in [1.54, 1.807) is 7.11 Å². The van der Waals surface area contributed by atoms with Crippen LogP contribution in [0.2, 0.25) is 5.02 Å². The summed E-state index contributed by atoms with van der Waals surface area (Å²) in [6, 6.07) is 3.92. The van der Waals surface area contributed by atoms with Gasteiger partial charge < -0.3 is 9.47 Å². The molecule has 0 aliphatic carbocycles. The highest BCUT2D eigenvalue weighted by molar-refractivity contribution is 6.31. The molecule has 1 fully saturated rings. The third kappa shape index (κ3) is 1.72. The third-order valence-electron chi connectivity index (χ3n) is 3.05. The van der Waals surface area contributed by atoms with Gasteiger partial charge in [0.2, 0.25) is 0 Å². The van der Waals surface area contributed by atoms with E-state index in [-0.39, 0.29) is 5.60 Å². The first-order valence-corrected chi connectivity index (χ1v) is 5.43. The van der Waals surface area contributed by atoms with E-state index >= 15 is 0 Å². The quantitative estimate of drug-likeness (QED) is 0.771. The summed E-state index contributed by atoms with van der Waals surface area (Å²) in [6.45, 7) is 4.85. The third-order valence-corrected chi connectivity index (χ3v) is 3.46. The Bertz CT molecular complexity index is 383. The zero-order valence-electron chi connectivity index (χ0n) is 9.26. The Morgan fingerprint density at radius 2 is 2.13 bits per heavy atom. The Morgan fingerprint density at radius 1 is 1.47 bits per heavy atom. The van der Waals surface area contributed by atoms with Gasteiger partial charge in [0.05, 0.1) is 19.3 Å². The highest BCUT2D eigenvalue weighted by atomic mass is 35.5. The van der Waals surface area contributed by atoms with E-state index in [1.807, 2.05) is 19.1 Å². The van der Waals surface area contributed by atoms with Gasteiger partial charge in [-0.15, -0.1) is 0 Å². The fourth-order valence-electron chi connectivity index (χ4n) is 1.86. The van der Waals surface area contributed by atoms with Crippen LogP contribution in [0.15, 0.2) is 12.1 Å². The van der Waals surface area contributed by atoms with E-state index in [4.69, 9.17) is 21.1 Å². The second-order valence-corrected chi connectivity index (χ2v) is 4.54. The van der Waals surface area contributed by atoms with Crippen LogP contribution in [-0.4, -0.2) is 13.7 Å². The lowest BCUT2D eigenvalue weighted by molar-refractivity contribution is -0.141. The molecule has 0 spiro atoms. The van der Waals surface area contributed by atoms with Crippen molar-refractivity contribution in [3.05, 3.63) is 28.3 Å². The van der Waals surface area contributed by atoms with Crippen LogP contribution in [0.25, 0.3) is 0 Å². The predicted molar refractivity (Wildman–Crippen MR) is 60.7 cm³/mol. The molecule has 1 saturated heterocycles. The molecule has 2 nitrogen and oxygen atoms in total. The van der Waals surface area contributed by atoms with Crippen molar-refractivity contribution in [2.24, 2.45) is 0 Å². The van der Waals surface area contributed by atoms with Gasteiger partial charge in [-0.05, 0) is 31.5 Å². The standard InChI is InChI=1S/C12H15ClO2/c1-8-6-11(14-3)9(7-10(8)13)12(2)4-5-15-12/h6-7H,4-5H2,1-3H3. The molecule has 1 aliphatic rings. The number of hydrogen-bond acceptors (Lipinski definition) is 2. The van der Waals surface area contributed by atoms with E-state index in [9.17, 15) is 0 Å². The lowest BCUT2D eigenvalue weighted by Gasteiger charge is -2.40. The number of benzene rings is 1. The van der Waals surface area contributed by atoms with E-state index < -0.39 is 0 Å². The maximum Gasteiger partial charge on any atom is 0.125 e. The van der Waals surface area contributed by atoms with Crippen LogP contribution in [0, 0.1) is 6.92 Å². The summed E-state index contributed by atoms with van der Waals surface area (Å²) in [5, 5.41) is 0.766. The molecular weight excluding hydrogens is 212 g/mol. The van der Waals surface area contributed by atoms with E-state index in [0.717, 1.165) is 34.9 Å². The predicted octanol–water partition coefficient (Wildman–Crippen LogP) is 3.29. The molecule has 0 bridgehead atoms. The summed E-state index contributed by atoms with van der Waals surface area (Å²) in [5.74, 6) is 0.860. The molecule has 1 aliphatic heterocycles. The van der Waals surface area contributed by atoms with Gasteiger partial charge in [0.15, 0.2) is 0 Å². The Kier molecular flexibility index (Phi) is 2.65. The van der Waals surface area contributed by atoms with Crippen molar-refractivity contribution in [2.45, 2.75) is 25.9 Å². The summed E-state index contributed by atoms with van der Waals surface area (Å²) in [5.41, 5.74) is 1.86. The molecule has 2 rings (SSSR count). The first-order chi connectivity index (χ1) is 7.07. The second-order valence-electron chi connectivity index (χ2n) is 4.13. The van der Waals surface area contributed by atoms with Gasteiger partial charge in [0.25, 0.3) is 0 Å². The fraction of sp³-hybridized carbons (Fsp3) is 0.500. The molecule has 1 unspecified atom stereocenters. The SMILES string of the molecule is COc1cc(C)c(Cl)cc1C1(C)CCO1. The molecule has 1 atom stereocenters. The van der Waals surface area contributed by atoms with Crippen LogP contribution < -0.4 is 4.74 Å². The molecule has 3 heteroatoms. The molecule has 1 aromatic carbocycles. The monoisotopic (exact) mass is 226 g/mol. The van der Waals surface area contributed by atoms with Crippen molar-refractivity contribution in [1.29, 1.82) is 0 Å². The van der Waals surface area contributed by atoms with E-state index in [1.165, 1.54) is 0 Å². The molecule has 1 aromatic rings.